The number of likely N-dealkylation sites (tertiary alicyclic amines) is 1. The number of phenols is 1. The smallest absolute Gasteiger partial charge is 0.259 e. The van der Waals surface area contributed by atoms with Crippen LogP contribution in [0.3, 0.4) is 0 Å². The maximum Gasteiger partial charge on any atom is 0.259 e. The van der Waals surface area contributed by atoms with Crippen LogP contribution in [0.4, 0.5) is 5.82 Å². The van der Waals surface area contributed by atoms with Crippen molar-refractivity contribution in [3.8, 4) is 22.9 Å². The topological polar surface area (TPSA) is 101 Å². The standard InChI is InChI=1S/C25H26N6O3/c1-17-26-27-24(34-17)19-4-3-5-21(16-19)30-15-12-23(28-30)31(20-10-13-29(2)14-11-20)25(33)18-6-8-22(32)9-7-18/h3-9,12,15-16,20,32H,10-11,13-14H2,1-2H3. The fourth-order valence-corrected chi connectivity index (χ4v) is 4.23. The molecule has 3 heterocycles. The SMILES string of the molecule is Cc1nnc(-c2cccc(-n3ccc(N(C(=O)c4ccc(O)cc4)C4CCN(C)CC4)n3)c2)o1. The summed E-state index contributed by atoms with van der Waals surface area (Å²) in [5.41, 5.74) is 2.13. The van der Waals surface area contributed by atoms with E-state index >= 15 is 0 Å². The second-order valence-electron chi connectivity index (χ2n) is 8.55. The molecule has 1 aliphatic heterocycles. The van der Waals surface area contributed by atoms with Gasteiger partial charge in [-0.25, -0.2) is 4.68 Å². The van der Waals surface area contributed by atoms with Crippen LogP contribution in [0.1, 0.15) is 29.1 Å². The molecule has 0 atom stereocenters. The van der Waals surface area contributed by atoms with Gasteiger partial charge < -0.3 is 14.4 Å². The van der Waals surface area contributed by atoms with Crippen LogP contribution in [-0.2, 0) is 0 Å². The average Bonchev–Trinajstić information content (AvgIpc) is 3.51. The van der Waals surface area contributed by atoms with E-state index < -0.39 is 0 Å². The van der Waals surface area contributed by atoms with Gasteiger partial charge >= 0.3 is 0 Å². The third kappa shape index (κ3) is 4.42. The molecule has 0 radical (unpaired) electrons. The number of hydrogen-bond donors (Lipinski definition) is 1. The molecule has 2 aromatic heterocycles. The number of hydrogen-bond acceptors (Lipinski definition) is 7. The lowest BCUT2D eigenvalue weighted by Gasteiger charge is -2.36. The Morgan fingerprint density at radius 3 is 2.56 bits per heavy atom. The third-order valence-electron chi connectivity index (χ3n) is 6.09. The Hall–Kier alpha value is -3.98. The normalized spacial score (nSPS) is 14.9. The molecule has 5 rings (SSSR count). The van der Waals surface area contributed by atoms with Crippen LogP contribution >= 0.6 is 0 Å². The largest absolute Gasteiger partial charge is 0.508 e. The Kier molecular flexibility index (Phi) is 5.85. The van der Waals surface area contributed by atoms with E-state index in [-0.39, 0.29) is 17.7 Å². The summed E-state index contributed by atoms with van der Waals surface area (Å²) in [4.78, 5) is 17.6. The van der Waals surface area contributed by atoms with E-state index in [0.717, 1.165) is 37.2 Å². The lowest BCUT2D eigenvalue weighted by molar-refractivity contribution is 0.0962. The molecule has 9 nitrogen and oxygen atoms in total. The van der Waals surface area contributed by atoms with Crippen molar-refractivity contribution in [2.24, 2.45) is 0 Å². The minimum absolute atomic E-state index is 0.0357. The highest BCUT2D eigenvalue weighted by Gasteiger charge is 2.30. The van der Waals surface area contributed by atoms with Crippen molar-refractivity contribution in [3.05, 3.63) is 72.2 Å². The molecule has 34 heavy (non-hydrogen) atoms. The van der Waals surface area contributed by atoms with E-state index in [4.69, 9.17) is 9.52 Å². The Labute approximate surface area is 197 Å². The first-order valence-corrected chi connectivity index (χ1v) is 11.3. The van der Waals surface area contributed by atoms with Crippen molar-refractivity contribution in [2.75, 3.05) is 25.0 Å². The van der Waals surface area contributed by atoms with Crippen molar-refractivity contribution < 1.29 is 14.3 Å². The quantitative estimate of drug-likeness (QED) is 0.487. The van der Waals surface area contributed by atoms with E-state index in [1.807, 2.05) is 36.5 Å². The second kappa shape index (κ2) is 9.11. The average molecular weight is 459 g/mol. The van der Waals surface area contributed by atoms with Gasteiger partial charge in [-0.05, 0) is 75.4 Å². The van der Waals surface area contributed by atoms with E-state index in [1.54, 1.807) is 28.6 Å². The highest BCUT2D eigenvalue weighted by Crippen LogP contribution is 2.27. The molecule has 1 fully saturated rings. The second-order valence-corrected chi connectivity index (χ2v) is 8.55. The van der Waals surface area contributed by atoms with Crippen molar-refractivity contribution in [2.45, 2.75) is 25.8 Å². The maximum absolute atomic E-state index is 13.6. The number of piperidine rings is 1. The molecule has 1 amide bonds. The van der Waals surface area contributed by atoms with Crippen molar-refractivity contribution in [1.29, 1.82) is 0 Å². The zero-order valence-electron chi connectivity index (χ0n) is 19.1. The van der Waals surface area contributed by atoms with Crippen LogP contribution in [0.5, 0.6) is 5.75 Å². The summed E-state index contributed by atoms with van der Waals surface area (Å²) in [6.45, 7) is 3.58. The Balaban J connectivity index is 1.48. The monoisotopic (exact) mass is 458 g/mol. The number of carbonyl (C=O) groups is 1. The number of rotatable bonds is 5. The molecule has 0 spiro atoms. The first-order valence-electron chi connectivity index (χ1n) is 11.3. The summed E-state index contributed by atoms with van der Waals surface area (Å²) in [7, 11) is 2.09. The summed E-state index contributed by atoms with van der Waals surface area (Å²) in [6.07, 6.45) is 3.57. The molecule has 1 saturated heterocycles. The maximum atomic E-state index is 13.6. The van der Waals surface area contributed by atoms with E-state index in [1.165, 1.54) is 12.1 Å². The highest BCUT2D eigenvalue weighted by atomic mass is 16.4. The predicted molar refractivity (Wildman–Crippen MR) is 127 cm³/mol. The first kappa shape index (κ1) is 21.8. The van der Waals surface area contributed by atoms with Gasteiger partial charge in [-0.3, -0.25) is 9.69 Å². The number of benzene rings is 2. The summed E-state index contributed by atoms with van der Waals surface area (Å²) >= 11 is 0. The van der Waals surface area contributed by atoms with E-state index in [9.17, 15) is 9.90 Å². The molecule has 0 saturated carbocycles. The molecular formula is C25H26N6O3. The predicted octanol–water partition coefficient (Wildman–Crippen LogP) is 3.68. The van der Waals surface area contributed by atoms with Crippen LogP contribution in [0.25, 0.3) is 17.1 Å². The molecule has 1 N–H and O–H groups in total. The van der Waals surface area contributed by atoms with Crippen LogP contribution in [0.15, 0.2) is 65.2 Å². The number of aromatic hydroxyl groups is 1. The number of carbonyl (C=O) groups excluding carboxylic acids is 1. The minimum atomic E-state index is -0.130. The number of aryl methyl sites for hydroxylation is 1. The number of anilines is 1. The molecule has 9 heteroatoms. The van der Waals surface area contributed by atoms with Crippen LogP contribution < -0.4 is 4.90 Å². The van der Waals surface area contributed by atoms with Gasteiger partial charge in [0.1, 0.15) is 5.75 Å². The number of amides is 1. The number of nitrogens with zero attached hydrogens (tertiary/aromatic N) is 6. The molecule has 2 aromatic carbocycles. The summed E-state index contributed by atoms with van der Waals surface area (Å²) in [5, 5.41) is 22.4. The number of aromatic nitrogens is 4. The summed E-state index contributed by atoms with van der Waals surface area (Å²) in [5.74, 6) is 1.54. The Bertz CT molecular complexity index is 1290. The molecule has 0 unspecified atom stereocenters. The molecule has 1 aliphatic rings. The summed E-state index contributed by atoms with van der Waals surface area (Å²) < 4.78 is 7.30. The fraction of sp³-hybridized carbons (Fsp3) is 0.280. The van der Waals surface area contributed by atoms with Crippen molar-refractivity contribution >= 4 is 11.7 Å². The van der Waals surface area contributed by atoms with Gasteiger partial charge in [-0.2, -0.15) is 0 Å². The van der Waals surface area contributed by atoms with Crippen LogP contribution in [0, 0.1) is 6.92 Å². The zero-order chi connectivity index (χ0) is 23.7. The highest BCUT2D eigenvalue weighted by molar-refractivity contribution is 6.06. The van der Waals surface area contributed by atoms with E-state index in [0.29, 0.717) is 23.2 Å². The van der Waals surface area contributed by atoms with E-state index in [2.05, 4.69) is 22.1 Å². The van der Waals surface area contributed by atoms with Crippen molar-refractivity contribution in [1.82, 2.24) is 24.9 Å². The van der Waals surface area contributed by atoms with Crippen LogP contribution in [-0.4, -0.2) is 62.1 Å². The van der Waals surface area contributed by atoms with Crippen molar-refractivity contribution in [3.63, 3.8) is 0 Å². The van der Waals surface area contributed by atoms with Gasteiger partial charge in [0, 0.05) is 36.4 Å². The lowest BCUT2D eigenvalue weighted by Crippen LogP contribution is -2.47. The van der Waals surface area contributed by atoms with Gasteiger partial charge in [0.15, 0.2) is 5.82 Å². The minimum Gasteiger partial charge on any atom is -0.508 e. The molecule has 174 valence electrons. The van der Waals surface area contributed by atoms with Gasteiger partial charge in [0.05, 0.1) is 5.69 Å². The fourth-order valence-electron chi connectivity index (χ4n) is 4.23. The van der Waals surface area contributed by atoms with Gasteiger partial charge in [-0.15, -0.1) is 15.3 Å². The third-order valence-corrected chi connectivity index (χ3v) is 6.09. The molecule has 0 bridgehead atoms. The molecular weight excluding hydrogens is 432 g/mol. The van der Waals surface area contributed by atoms with Crippen LogP contribution in [0.2, 0.25) is 0 Å². The first-order chi connectivity index (χ1) is 16.5. The number of phenolic OH excluding ortho intramolecular Hbond substituents is 1. The lowest BCUT2D eigenvalue weighted by atomic mass is 10.0. The Morgan fingerprint density at radius 1 is 1.09 bits per heavy atom. The molecule has 4 aromatic rings. The van der Waals surface area contributed by atoms with Gasteiger partial charge in [0.2, 0.25) is 11.8 Å². The van der Waals surface area contributed by atoms with Gasteiger partial charge in [-0.1, -0.05) is 6.07 Å². The summed E-state index contributed by atoms with van der Waals surface area (Å²) in [6, 6.07) is 15.9. The zero-order valence-corrected chi connectivity index (χ0v) is 19.1. The molecule has 0 aliphatic carbocycles. The van der Waals surface area contributed by atoms with Gasteiger partial charge in [0.25, 0.3) is 5.91 Å². The Morgan fingerprint density at radius 2 is 1.85 bits per heavy atom.